The number of primary amides is 2. The number of methoxy groups -OCH3 is 1. The lowest BCUT2D eigenvalue weighted by Crippen LogP contribution is -2.49. The molecule has 0 spiro atoms. The molecule has 2 aliphatic rings. The number of hydrogen-bond donors (Lipinski definition) is 8. The monoisotopic (exact) mass is 1570 g/mol. The number of carbonyl (C=O) groups excluding carboxylic acids is 9. The molecule has 38 heteroatoms. The van der Waals surface area contributed by atoms with Gasteiger partial charge in [-0.05, 0) is 70.5 Å². The molecule has 0 saturated carbocycles. The predicted octanol–water partition coefficient (Wildman–Crippen LogP) is 0.389. The molecular weight excluding hydrogens is 1460 g/mol. The summed E-state index contributed by atoms with van der Waals surface area (Å²) >= 11 is 0. The Hall–Kier alpha value is -10.1. The molecular formula is C74H109N17O21. The summed E-state index contributed by atoms with van der Waals surface area (Å²) in [7, 11) is 1.43. The molecule has 0 radical (unpaired) electrons. The minimum atomic E-state index is -0.726. The van der Waals surface area contributed by atoms with Crippen molar-refractivity contribution in [2.45, 2.75) is 60.0 Å². The van der Waals surface area contributed by atoms with Crippen molar-refractivity contribution in [2.24, 2.45) is 32.9 Å². The summed E-state index contributed by atoms with van der Waals surface area (Å²) in [6.07, 6.45) is 9.64. The van der Waals surface area contributed by atoms with E-state index in [1.807, 2.05) is 4.90 Å². The molecule has 12 N–H and O–H groups in total. The number of nitrogens with zero attached hydrogens (tertiary/aromatic N) is 9. The van der Waals surface area contributed by atoms with Gasteiger partial charge in [0.25, 0.3) is 23.6 Å². The molecule has 1 fully saturated rings. The Balaban J connectivity index is 0.793. The highest BCUT2D eigenvalue weighted by Crippen LogP contribution is 2.33. The van der Waals surface area contributed by atoms with E-state index in [1.54, 1.807) is 49.0 Å². The van der Waals surface area contributed by atoms with E-state index in [0.29, 0.717) is 198 Å². The molecule has 38 nitrogen and oxygen atoms in total. The molecule has 0 aliphatic carbocycles. The van der Waals surface area contributed by atoms with Crippen LogP contribution in [0.15, 0.2) is 82.1 Å². The minimum absolute atomic E-state index is 0.00384. The van der Waals surface area contributed by atoms with E-state index in [1.165, 1.54) is 43.5 Å². The Kier molecular flexibility index (Phi) is 41.7. The summed E-state index contributed by atoms with van der Waals surface area (Å²) in [6, 6.07) is 6.02. The van der Waals surface area contributed by atoms with E-state index in [2.05, 4.69) is 41.1 Å². The van der Waals surface area contributed by atoms with Gasteiger partial charge in [-0.25, -0.2) is 9.97 Å². The van der Waals surface area contributed by atoms with Gasteiger partial charge < -0.3 is 104 Å². The summed E-state index contributed by atoms with van der Waals surface area (Å²) < 4.78 is 71.0. The third kappa shape index (κ3) is 32.7. The number of imidazole rings is 2. The minimum Gasteiger partial charge on any atom is -0.494 e. The van der Waals surface area contributed by atoms with Crippen molar-refractivity contribution in [3.8, 4) is 11.5 Å². The maximum absolute atomic E-state index is 13.9. The molecule has 112 heavy (non-hydrogen) atoms. The number of anilines is 2. The standard InChI is InChI=1S/C74H109N17O21/c1-6-79-58(45-52(3)75)71(99)85-73-83-56-47-54(69(77)97)49-60(101-5)67(56)89(73)18-8-9-19-90-68-57(84-74(90)86-72(100)59(80-7-2)46-53(4)76)48-55(70(78)98)50-61(68)112-24-10-17-87-20-22-88(23-21-87)64(94)14-26-103-28-30-105-32-34-107-36-38-109-40-42-111-44-43-110-41-39-108-37-35-106-33-31-104-29-27-102-25-13-62(92)81-15-16-82-63(93)51-91-65(95)11-12-66(91)96/h8-9,11-12,45-50H,6-7,10,13-44,51,75-76H2,1-5H3,(H2,77,97)(H2,78,98)(H,81,92)(H,82,93)(H,83,85,99)(H,84,86,100)/b9-8+,52-45?,53-46?,79-58?,80-59?. The zero-order chi connectivity index (χ0) is 80.8. The summed E-state index contributed by atoms with van der Waals surface area (Å²) in [6.45, 7) is 18.3. The van der Waals surface area contributed by atoms with Crippen LogP contribution in [0.4, 0.5) is 11.9 Å². The Labute approximate surface area is 650 Å². The maximum Gasteiger partial charge on any atom is 0.276 e. The number of carbonyl (C=O) groups is 9. The fourth-order valence-corrected chi connectivity index (χ4v) is 10.9. The largest absolute Gasteiger partial charge is 0.494 e. The number of hydrogen-bond acceptors (Lipinski definition) is 28. The molecule has 4 heterocycles. The van der Waals surface area contributed by atoms with Crippen LogP contribution >= 0.6 is 0 Å². The number of amides is 9. The van der Waals surface area contributed by atoms with Gasteiger partial charge in [-0.3, -0.25) is 73.6 Å². The van der Waals surface area contributed by atoms with Gasteiger partial charge in [0.15, 0.2) is 0 Å². The van der Waals surface area contributed by atoms with Crippen LogP contribution in [0.25, 0.3) is 22.1 Å². The molecule has 1 saturated heterocycles. The first-order valence-electron chi connectivity index (χ1n) is 37.1. The number of imide groups is 1. The van der Waals surface area contributed by atoms with E-state index < -0.39 is 41.4 Å². The molecule has 2 aromatic heterocycles. The Bertz CT molecular complexity index is 3890. The second-order valence-corrected chi connectivity index (χ2v) is 24.9. The van der Waals surface area contributed by atoms with Crippen molar-refractivity contribution in [1.82, 2.24) is 44.4 Å². The highest BCUT2D eigenvalue weighted by molar-refractivity contribution is 6.47. The first-order valence-corrected chi connectivity index (χ1v) is 37.1. The maximum atomic E-state index is 13.9. The van der Waals surface area contributed by atoms with Crippen molar-refractivity contribution in [1.29, 1.82) is 0 Å². The summed E-state index contributed by atoms with van der Waals surface area (Å²) in [5.41, 5.74) is 26.0. The normalized spacial score (nSPS) is 13.8. The van der Waals surface area contributed by atoms with Gasteiger partial charge in [-0.2, -0.15) is 0 Å². The molecule has 616 valence electrons. The number of benzene rings is 2. The first kappa shape index (κ1) is 90.8. The van der Waals surface area contributed by atoms with Crippen LogP contribution in [0, 0.1) is 0 Å². The fraction of sp³-hybridized carbons (Fsp3) is 0.554. The number of aliphatic imine (C=N–C) groups is 2. The molecule has 6 rings (SSSR count). The van der Waals surface area contributed by atoms with Crippen molar-refractivity contribution in [3.05, 3.63) is 83.2 Å². The zero-order valence-electron chi connectivity index (χ0n) is 64.6. The van der Waals surface area contributed by atoms with E-state index in [-0.39, 0.29) is 130 Å². The lowest BCUT2D eigenvalue weighted by Gasteiger charge is -2.34. The smallest absolute Gasteiger partial charge is 0.276 e. The number of nitrogens with one attached hydrogen (secondary N) is 4. The fourth-order valence-electron chi connectivity index (χ4n) is 10.9. The Morgan fingerprint density at radius 2 is 0.884 bits per heavy atom. The molecule has 9 amide bonds. The van der Waals surface area contributed by atoms with Gasteiger partial charge >= 0.3 is 0 Å². The first-order chi connectivity index (χ1) is 54.2. The molecule has 2 aromatic carbocycles. The van der Waals surface area contributed by atoms with Crippen LogP contribution in [0.2, 0.25) is 0 Å². The molecule has 2 aliphatic heterocycles. The summed E-state index contributed by atoms with van der Waals surface area (Å²) in [5.74, 6) is -3.74. The van der Waals surface area contributed by atoms with Crippen molar-refractivity contribution >= 4 is 98.6 Å². The highest BCUT2D eigenvalue weighted by Gasteiger charge is 2.27. The second-order valence-electron chi connectivity index (χ2n) is 24.9. The van der Waals surface area contributed by atoms with Crippen LogP contribution in [0.5, 0.6) is 11.5 Å². The number of fused-ring (bicyclic) bond motifs is 2. The van der Waals surface area contributed by atoms with Gasteiger partial charge in [0, 0.05) is 113 Å². The lowest BCUT2D eigenvalue weighted by molar-refractivity contribution is -0.141. The van der Waals surface area contributed by atoms with E-state index >= 15 is 0 Å². The summed E-state index contributed by atoms with van der Waals surface area (Å²) in [4.78, 5) is 136. The van der Waals surface area contributed by atoms with Crippen LogP contribution in [0.3, 0.4) is 0 Å². The average Bonchev–Trinajstić information content (AvgIpc) is 1.63. The van der Waals surface area contributed by atoms with Gasteiger partial charge in [0.05, 0.1) is 163 Å². The number of rotatable bonds is 58. The summed E-state index contributed by atoms with van der Waals surface area (Å²) in [5, 5.41) is 10.9. The second kappa shape index (κ2) is 51.4. The molecule has 0 unspecified atom stereocenters. The molecule has 0 atom stereocenters. The van der Waals surface area contributed by atoms with Crippen LogP contribution in [-0.2, 0) is 94.0 Å². The van der Waals surface area contributed by atoms with Gasteiger partial charge in [-0.15, -0.1) is 0 Å². The number of piperazine rings is 1. The quantitative estimate of drug-likeness (QED) is 0.0128. The van der Waals surface area contributed by atoms with Crippen molar-refractivity contribution < 1.29 is 100.0 Å². The van der Waals surface area contributed by atoms with Gasteiger partial charge in [0.2, 0.25) is 41.4 Å². The van der Waals surface area contributed by atoms with Crippen LogP contribution < -0.4 is 53.7 Å². The number of aromatic nitrogens is 4. The zero-order valence-corrected chi connectivity index (χ0v) is 64.6. The lowest BCUT2D eigenvalue weighted by atomic mass is 10.1. The van der Waals surface area contributed by atoms with Gasteiger partial charge in [-0.1, -0.05) is 12.2 Å². The van der Waals surface area contributed by atoms with E-state index in [0.717, 1.165) is 17.1 Å². The number of nitrogens with two attached hydrogens (primary N) is 4. The SMILES string of the molecule is CCN=C(C=C(C)N)C(=O)Nc1nc2cc(C(N)=O)cc(OC)c2n1C/C=C/Cn1c(NC(=O)C(C=C(C)N)=NCC)nc2cc(C(N)=O)cc(OCCCN3CCN(C(=O)CCOCCOCCOCCOCCOCCOCCOCCOCCOCCOCCC(=O)NCCNC(=O)CN4C(=O)C=CC4=O)CC3)c21. The molecule has 4 aromatic rings. The topological polar surface area (TPSA) is 487 Å². The Morgan fingerprint density at radius 3 is 1.28 bits per heavy atom. The third-order valence-corrected chi connectivity index (χ3v) is 16.3. The van der Waals surface area contributed by atoms with Crippen LogP contribution in [0.1, 0.15) is 67.7 Å². The third-order valence-electron chi connectivity index (χ3n) is 16.3. The predicted molar refractivity (Wildman–Crippen MR) is 414 cm³/mol. The van der Waals surface area contributed by atoms with Crippen molar-refractivity contribution in [3.63, 3.8) is 0 Å². The van der Waals surface area contributed by atoms with Crippen molar-refractivity contribution in [2.75, 3.05) is 222 Å². The highest BCUT2D eigenvalue weighted by atomic mass is 16.6. The number of allylic oxidation sites excluding steroid dienone is 4. The number of ether oxygens (including phenoxy) is 12. The van der Waals surface area contributed by atoms with E-state index in [9.17, 15) is 43.2 Å². The van der Waals surface area contributed by atoms with Crippen LogP contribution in [-0.4, -0.2) is 310 Å². The average molecular weight is 1570 g/mol. The van der Waals surface area contributed by atoms with E-state index in [4.69, 9.17) is 84.8 Å². The van der Waals surface area contributed by atoms with Gasteiger partial charge in [0.1, 0.15) is 40.5 Å². The molecule has 0 bridgehead atoms. The Morgan fingerprint density at radius 1 is 0.500 bits per heavy atom.